The van der Waals surface area contributed by atoms with Crippen LogP contribution in [0.5, 0.6) is 17.2 Å². The van der Waals surface area contributed by atoms with Crippen LogP contribution in [0.3, 0.4) is 0 Å². The lowest BCUT2D eigenvalue weighted by Gasteiger charge is -2.19. The SMILES string of the molecule is COc1ccc2oc(=O)c(-c3ccc4c(c3)OCCO4)c(C)c2c1. The topological polar surface area (TPSA) is 57.9 Å². The summed E-state index contributed by atoms with van der Waals surface area (Å²) in [6.07, 6.45) is 0. The van der Waals surface area contributed by atoms with Crippen LogP contribution in [0.15, 0.2) is 45.6 Å². The van der Waals surface area contributed by atoms with E-state index in [1.807, 2.05) is 31.2 Å². The van der Waals surface area contributed by atoms with Gasteiger partial charge in [-0.25, -0.2) is 4.79 Å². The fraction of sp³-hybridized carbons (Fsp3) is 0.211. The first-order chi connectivity index (χ1) is 11.7. The number of hydrogen-bond donors (Lipinski definition) is 0. The lowest BCUT2D eigenvalue weighted by Crippen LogP contribution is -2.15. The van der Waals surface area contributed by atoms with Crippen LogP contribution in [-0.4, -0.2) is 20.3 Å². The summed E-state index contributed by atoms with van der Waals surface area (Å²) in [4.78, 5) is 12.5. The average molecular weight is 324 g/mol. The highest BCUT2D eigenvalue weighted by molar-refractivity contribution is 5.88. The average Bonchev–Trinajstić information content (AvgIpc) is 2.61. The maximum Gasteiger partial charge on any atom is 0.344 e. The van der Waals surface area contributed by atoms with Crippen molar-refractivity contribution in [3.63, 3.8) is 0 Å². The highest BCUT2D eigenvalue weighted by Gasteiger charge is 2.18. The molecule has 2 heterocycles. The number of ether oxygens (including phenoxy) is 3. The Balaban J connectivity index is 1.94. The first-order valence-corrected chi connectivity index (χ1v) is 7.69. The number of hydrogen-bond acceptors (Lipinski definition) is 5. The van der Waals surface area contributed by atoms with Crippen molar-refractivity contribution in [3.05, 3.63) is 52.4 Å². The standard InChI is InChI=1S/C19H16O5/c1-11-14-10-13(21-2)4-6-15(14)24-19(20)18(11)12-3-5-16-17(9-12)23-8-7-22-16/h3-6,9-10H,7-8H2,1-2H3. The van der Waals surface area contributed by atoms with Crippen LogP contribution in [0.25, 0.3) is 22.1 Å². The highest BCUT2D eigenvalue weighted by Crippen LogP contribution is 2.36. The third-order valence-corrected chi connectivity index (χ3v) is 4.20. The minimum absolute atomic E-state index is 0.373. The fourth-order valence-electron chi connectivity index (χ4n) is 2.99. The third kappa shape index (κ3) is 2.29. The van der Waals surface area contributed by atoms with E-state index in [1.165, 1.54) is 0 Å². The van der Waals surface area contributed by atoms with E-state index in [4.69, 9.17) is 18.6 Å². The first-order valence-electron chi connectivity index (χ1n) is 7.69. The molecule has 5 nitrogen and oxygen atoms in total. The summed E-state index contributed by atoms with van der Waals surface area (Å²) < 4.78 is 21.9. The molecule has 0 amide bonds. The molecule has 3 aromatic rings. The molecule has 24 heavy (non-hydrogen) atoms. The summed E-state index contributed by atoms with van der Waals surface area (Å²) >= 11 is 0. The summed E-state index contributed by atoms with van der Waals surface area (Å²) in [6.45, 7) is 2.94. The Labute approximate surface area is 138 Å². The fourth-order valence-corrected chi connectivity index (χ4v) is 2.99. The van der Waals surface area contributed by atoms with Crippen LogP contribution in [0, 0.1) is 6.92 Å². The number of aryl methyl sites for hydroxylation is 1. The summed E-state index contributed by atoms with van der Waals surface area (Å²) in [5, 5.41) is 0.846. The van der Waals surface area contributed by atoms with Crippen molar-refractivity contribution in [1.82, 2.24) is 0 Å². The van der Waals surface area contributed by atoms with Gasteiger partial charge < -0.3 is 18.6 Å². The number of rotatable bonds is 2. The third-order valence-electron chi connectivity index (χ3n) is 4.20. The molecule has 0 N–H and O–H groups in total. The lowest BCUT2D eigenvalue weighted by molar-refractivity contribution is 0.171. The summed E-state index contributed by atoms with van der Waals surface area (Å²) in [7, 11) is 1.61. The van der Waals surface area contributed by atoms with E-state index in [0.29, 0.717) is 41.6 Å². The van der Waals surface area contributed by atoms with Gasteiger partial charge in [-0.3, -0.25) is 0 Å². The molecule has 0 unspecified atom stereocenters. The smallest absolute Gasteiger partial charge is 0.344 e. The van der Waals surface area contributed by atoms with Crippen LogP contribution < -0.4 is 19.8 Å². The van der Waals surface area contributed by atoms with Crippen LogP contribution in [0.4, 0.5) is 0 Å². The lowest BCUT2D eigenvalue weighted by atomic mass is 9.99. The zero-order chi connectivity index (χ0) is 16.7. The Morgan fingerprint density at radius 1 is 1.00 bits per heavy atom. The maximum absolute atomic E-state index is 12.5. The number of fused-ring (bicyclic) bond motifs is 2. The van der Waals surface area contributed by atoms with Gasteiger partial charge in [0.15, 0.2) is 11.5 Å². The molecule has 0 aliphatic carbocycles. The van der Waals surface area contributed by atoms with Crippen LogP contribution >= 0.6 is 0 Å². The van der Waals surface area contributed by atoms with Crippen molar-refractivity contribution in [3.8, 4) is 28.4 Å². The molecule has 0 bridgehead atoms. The van der Waals surface area contributed by atoms with Crippen molar-refractivity contribution in [2.45, 2.75) is 6.92 Å². The van der Waals surface area contributed by atoms with Crippen LogP contribution in [0.2, 0.25) is 0 Å². The Morgan fingerprint density at radius 3 is 2.58 bits per heavy atom. The molecule has 5 heteroatoms. The van der Waals surface area contributed by atoms with Gasteiger partial charge in [0.05, 0.1) is 12.7 Å². The van der Waals surface area contributed by atoms with E-state index in [2.05, 4.69) is 0 Å². The molecule has 1 aromatic heterocycles. The van der Waals surface area contributed by atoms with E-state index in [1.54, 1.807) is 19.2 Å². The zero-order valence-electron chi connectivity index (χ0n) is 13.4. The van der Waals surface area contributed by atoms with Gasteiger partial charge in [0.2, 0.25) is 0 Å². The first kappa shape index (κ1) is 14.6. The quantitative estimate of drug-likeness (QED) is 0.675. The Hall–Kier alpha value is -2.95. The zero-order valence-corrected chi connectivity index (χ0v) is 13.4. The Bertz CT molecular complexity index is 987. The van der Waals surface area contributed by atoms with Crippen molar-refractivity contribution >= 4 is 11.0 Å². The minimum atomic E-state index is -0.373. The van der Waals surface area contributed by atoms with E-state index < -0.39 is 0 Å². The summed E-state index contributed by atoms with van der Waals surface area (Å²) in [6, 6.07) is 10.9. The number of benzene rings is 2. The second-order valence-corrected chi connectivity index (χ2v) is 5.61. The molecule has 0 spiro atoms. The van der Waals surface area contributed by atoms with Gasteiger partial charge in [0.1, 0.15) is 24.5 Å². The Kier molecular flexibility index (Phi) is 3.41. The van der Waals surface area contributed by atoms with Gasteiger partial charge in [-0.15, -0.1) is 0 Å². The van der Waals surface area contributed by atoms with E-state index in [9.17, 15) is 4.79 Å². The molecule has 4 rings (SSSR count). The van der Waals surface area contributed by atoms with Crippen molar-refractivity contribution < 1.29 is 18.6 Å². The van der Waals surface area contributed by atoms with Gasteiger partial charge in [-0.2, -0.15) is 0 Å². The predicted octanol–water partition coefficient (Wildman–Crippen LogP) is 3.55. The molecule has 0 saturated heterocycles. The van der Waals surface area contributed by atoms with Crippen molar-refractivity contribution in [2.75, 3.05) is 20.3 Å². The summed E-state index contributed by atoms with van der Waals surface area (Å²) in [5.41, 5.74) is 2.28. The van der Waals surface area contributed by atoms with Gasteiger partial charge in [-0.1, -0.05) is 6.07 Å². The summed E-state index contributed by atoms with van der Waals surface area (Å²) in [5.74, 6) is 2.05. The van der Waals surface area contributed by atoms with Gasteiger partial charge in [-0.05, 0) is 48.4 Å². The van der Waals surface area contributed by atoms with Crippen LogP contribution in [-0.2, 0) is 0 Å². The molecule has 1 aliphatic rings. The number of methoxy groups -OCH3 is 1. The monoisotopic (exact) mass is 324 g/mol. The molecule has 122 valence electrons. The van der Waals surface area contributed by atoms with Crippen molar-refractivity contribution in [2.24, 2.45) is 0 Å². The molecule has 0 saturated carbocycles. The van der Waals surface area contributed by atoms with Gasteiger partial charge >= 0.3 is 5.63 Å². The largest absolute Gasteiger partial charge is 0.497 e. The van der Waals surface area contributed by atoms with E-state index in [0.717, 1.165) is 16.5 Å². The Morgan fingerprint density at radius 2 is 1.79 bits per heavy atom. The molecule has 0 atom stereocenters. The van der Waals surface area contributed by atoms with Crippen molar-refractivity contribution in [1.29, 1.82) is 0 Å². The maximum atomic E-state index is 12.5. The minimum Gasteiger partial charge on any atom is -0.497 e. The van der Waals surface area contributed by atoms with E-state index >= 15 is 0 Å². The highest BCUT2D eigenvalue weighted by atomic mass is 16.6. The molecule has 1 aliphatic heterocycles. The second kappa shape index (κ2) is 5.60. The molecule has 2 aromatic carbocycles. The molecule has 0 fully saturated rings. The molecule has 0 radical (unpaired) electrons. The normalized spacial score (nSPS) is 13.1. The molecular weight excluding hydrogens is 308 g/mol. The van der Waals surface area contributed by atoms with Gasteiger partial charge in [0, 0.05) is 5.39 Å². The second-order valence-electron chi connectivity index (χ2n) is 5.61. The van der Waals surface area contributed by atoms with Crippen LogP contribution in [0.1, 0.15) is 5.56 Å². The van der Waals surface area contributed by atoms with E-state index in [-0.39, 0.29) is 5.63 Å². The van der Waals surface area contributed by atoms with Gasteiger partial charge in [0.25, 0.3) is 0 Å². The predicted molar refractivity (Wildman–Crippen MR) is 90.2 cm³/mol. The molecular formula is C19H16O5.